The summed E-state index contributed by atoms with van der Waals surface area (Å²) in [5, 5.41) is 11.9. The first kappa shape index (κ1) is 16.6. The molecule has 2 aliphatic rings. The number of rotatable bonds is 2. The minimum atomic E-state index is -0.978. The van der Waals surface area contributed by atoms with Crippen LogP contribution < -0.4 is 5.32 Å². The summed E-state index contributed by atoms with van der Waals surface area (Å²) in [6.07, 6.45) is 2.61. The number of carbonyl (C=O) groups is 3. The summed E-state index contributed by atoms with van der Waals surface area (Å²) in [5.74, 6) is -1.29. The van der Waals surface area contributed by atoms with Gasteiger partial charge in [-0.25, -0.2) is 9.59 Å². The van der Waals surface area contributed by atoms with E-state index in [2.05, 4.69) is 5.32 Å². The number of fused-ring (bicyclic) bond motifs is 1. The van der Waals surface area contributed by atoms with Crippen molar-refractivity contribution in [1.29, 1.82) is 0 Å². The molecule has 0 unspecified atom stereocenters. The van der Waals surface area contributed by atoms with Gasteiger partial charge in [0, 0.05) is 6.04 Å². The van der Waals surface area contributed by atoms with Gasteiger partial charge in [-0.15, -0.1) is 0 Å². The second-order valence-electron chi connectivity index (χ2n) is 6.96. The SMILES string of the molecule is CC(C)(C)OC(=O)N[C@H]1CCC[C@H]2CC[C@@H](C(=O)O)N2C1=O. The topological polar surface area (TPSA) is 95.9 Å². The van der Waals surface area contributed by atoms with Crippen LogP contribution in [0.1, 0.15) is 52.9 Å². The van der Waals surface area contributed by atoms with Crippen LogP contribution in [0.3, 0.4) is 0 Å². The number of carboxylic acid groups (broad SMARTS) is 1. The van der Waals surface area contributed by atoms with E-state index in [4.69, 9.17) is 4.74 Å². The Bertz CT molecular complexity index is 471. The maximum absolute atomic E-state index is 12.6. The van der Waals surface area contributed by atoms with Crippen LogP contribution in [0.25, 0.3) is 0 Å². The third-order valence-corrected chi connectivity index (χ3v) is 4.06. The number of ether oxygens (including phenoxy) is 1. The number of alkyl carbamates (subject to hydrolysis) is 1. The molecule has 0 aliphatic carbocycles. The van der Waals surface area contributed by atoms with E-state index in [1.54, 1.807) is 20.8 Å². The molecule has 2 saturated heterocycles. The first-order valence-electron chi connectivity index (χ1n) is 7.73. The molecule has 2 rings (SSSR count). The molecule has 3 atom stereocenters. The Morgan fingerprint density at radius 3 is 2.50 bits per heavy atom. The lowest BCUT2D eigenvalue weighted by atomic mass is 10.1. The van der Waals surface area contributed by atoms with E-state index in [0.717, 1.165) is 12.8 Å². The molecular weight excluding hydrogens is 288 g/mol. The third-order valence-electron chi connectivity index (χ3n) is 4.06. The highest BCUT2D eigenvalue weighted by atomic mass is 16.6. The van der Waals surface area contributed by atoms with Gasteiger partial charge in [0.15, 0.2) is 0 Å². The first-order valence-corrected chi connectivity index (χ1v) is 7.73. The molecule has 2 aliphatic heterocycles. The molecule has 0 aromatic heterocycles. The van der Waals surface area contributed by atoms with Gasteiger partial charge < -0.3 is 20.1 Å². The number of carboxylic acids is 1. The van der Waals surface area contributed by atoms with Crippen molar-refractivity contribution in [3.05, 3.63) is 0 Å². The molecule has 2 fully saturated rings. The molecule has 0 bridgehead atoms. The van der Waals surface area contributed by atoms with E-state index in [1.165, 1.54) is 4.90 Å². The largest absolute Gasteiger partial charge is 0.480 e. The molecule has 124 valence electrons. The van der Waals surface area contributed by atoms with Crippen molar-refractivity contribution in [2.24, 2.45) is 0 Å². The summed E-state index contributed by atoms with van der Waals surface area (Å²) in [7, 11) is 0. The normalized spacial score (nSPS) is 28.8. The summed E-state index contributed by atoms with van der Waals surface area (Å²) in [5.41, 5.74) is -0.641. The molecule has 0 aromatic rings. The molecule has 0 spiro atoms. The Labute approximate surface area is 130 Å². The number of amides is 2. The van der Waals surface area contributed by atoms with Crippen LogP contribution in [-0.2, 0) is 14.3 Å². The standard InChI is InChI=1S/C15H24N2O5/c1-15(2,3)22-14(21)16-10-6-4-5-9-7-8-11(13(19)20)17(9)12(10)18/h9-11H,4-8H2,1-3H3,(H,16,21)(H,19,20)/t9-,10-,11-/m0/s1. The van der Waals surface area contributed by atoms with Gasteiger partial charge in [-0.3, -0.25) is 4.79 Å². The molecule has 7 heteroatoms. The third kappa shape index (κ3) is 3.69. The number of hydrogen-bond acceptors (Lipinski definition) is 4. The lowest BCUT2D eigenvalue weighted by Crippen LogP contribution is -2.53. The molecule has 0 saturated carbocycles. The Morgan fingerprint density at radius 1 is 1.23 bits per heavy atom. The number of hydrogen-bond donors (Lipinski definition) is 2. The van der Waals surface area contributed by atoms with Crippen LogP contribution in [0.4, 0.5) is 4.79 Å². The van der Waals surface area contributed by atoms with E-state index in [-0.39, 0.29) is 11.9 Å². The fourth-order valence-electron chi connectivity index (χ4n) is 3.19. The zero-order chi connectivity index (χ0) is 16.5. The van der Waals surface area contributed by atoms with Crippen LogP contribution >= 0.6 is 0 Å². The van der Waals surface area contributed by atoms with Gasteiger partial charge in [0.1, 0.15) is 17.7 Å². The predicted molar refractivity (Wildman–Crippen MR) is 78.3 cm³/mol. The van der Waals surface area contributed by atoms with Gasteiger partial charge in [0.2, 0.25) is 5.91 Å². The summed E-state index contributed by atoms with van der Waals surface area (Å²) < 4.78 is 5.18. The monoisotopic (exact) mass is 312 g/mol. The second-order valence-corrected chi connectivity index (χ2v) is 6.96. The van der Waals surface area contributed by atoms with Gasteiger partial charge in [-0.05, 0) is 52.9 Å². The zero-order valence-corrected chi connectivity index (χ0v) is 13.3. The van der Waals surface area contributed by atoms with Crippen LogP contribution in [0, 0.1) is 0 Å². The van der Waals surface area contributed by atoms with Gasteiger partial charge in [-0.1, -0.05) is 0 Å². The maximum Gasteiger partial charge on any atom is 0.408 e. The Balaban J connectivity index is 2.08. The average molecular weight is 312 g/mol. The van der Waals surface area contributed by atoms with Gasteiger partial charge in [-0.2, -0.15) is 0 Å². The van der Waals surface area contributed by atoms with E-state index in [1.807, 2.05) is 0 Å². The highest BCUT2D eigenvalue weighted by Gasteiger charge is 2.44. The first-order chi connectivity index (χ1) is 10.2. The summed E-state index contributed by atoms with van der Waals surface area (Å²) >= 11 is 0. The molecule has 0 aromatic carbocycles. The van der Waals surface area contributed by atoms with Crippen molar-refractivity contribution in [1.82, 2.24) is 10.2 Å². The van der Waals surface area contributed by atoms with Crippen molar-refractivity contribution >= 4 is 18.0 Å². The molecule has 2 N–H and O–H groups in total. The molecule has 7 nitrogen and oxygen atoms in total. The van der Waals surface area contributed by atoms with Gasteiger partial charge >= 0.3 is 12.1 Å². The van der Waals surface area contributed by atoms with Crippen LogP contribution in [0.15, 0.2) is 0 Å². The van der Waals surface area contributed by atoms with Crippen molar-refractivity contribution in [3.63, 3.8) is 0 Å². The molecule has 22 heavy (non-hydrogen) atoms. The number of nitrogens with one attached hydrogen (secondary N) is 1. The Morgan fingerprint density at radius 2 is 1.91 bits per heavy atom. The zero-order valence-electron chi connectivity index (χ0n) is 13.3. The van der Waals surface area contributed by atoms with Crippen LogP contribution in [0.2, 0.25) is 0 Å². The molecule has 2 heterocycles. The van der Waals surface area contributed by atoms with Crippen molar-refractivity contribution < 1.29 is 24.2 Å². The van der Waals surface area contributed by atoms with E-state index >= 15 is 0 Å². The lowest BCUT2D eigenvalue weighted by molar-refractivity contribution is -0.150. The summed E-state index contributed by atoms with van der Waals surface area (Å²) in [6.45, 7) is 5.25. The number of nitrogens with zero attached hydrogens (tertiary/aromatic N) is 1. The van der Waals surface area contributed by atoms with Gasteiger partial charge in [0.25, 0.3) is 0 Å². The van der Waals surface area contributed by atoms with E-state index < -0.39 is 29.7 Å². The quantitative estimate of drug-likeness (QED) is 0.805. The van der Waals surface area contributed by atoms with Crippen LogP contribution in [0.5, 0.6) is 0 Å². The maximum atomic E-state index is 12.6. The number of carbonyl (C=O) groups excluding carboxylic acids is 2. The minimum absolute atomic E-state index is 0.0287. The van der Waals surface area contributed by atoms with Crippen molar-refractivity contribution in [2.45, 2.75) is 76.6 Å². The average Bonchev–Trinajstić information content (AvgIpc) is 2.72. The smallest absolute Gasteiger partial charge is 0.408 e. The Hall–Kier alpha value is -1.79. The highest BCUT2D eigenvalue weighted by Crippen LogP contribution is 2.31. The molecule has 2 amide bonds. The summed E-state index contributed by atoms with van der Waals surface area (Å²) in [4.78, 5) is 37.3. The highest BCUT2D eigenvalue weighted by molar-refractivity contribution is 5.90. The van der Waals surface area contributed by atoms with Crippen molar-refractivity contribution in [2.75, 3.05) is 0 Å². The second kappa shape index (κ2) is 6.14. The predicted octanol–water partition coefficient (Wildman–Crippen LogP) is 1.51. The van der Waals surface area contributed by atoms with E-state index in [9.17, 15) is 19.5 Å². The van der Waals surface area contributed by atoms with Crippen molar-refractivity contribution in [3.8, 4) is 0 Å². The molecular formula is C15H24N2O5. The van der Waals surface area contributed by atoms with Crippen LogP contribution in [-0.4, -0.2) is 51.7 Å². The summed E-state index contributed by atoms with van der Waals surface area (Å²) in [6, 6.07) is -1.52. The Kier molecular flexibility index (Phi) is 4.63. The van der Waals surface area contributed by atoms with Gasteiger partial charge in [0.05, 0.1) is 0 Å². The lowest BCUT2D eigenvalue weighted by Gasteiger charge is -2.29. The molecule has 0 radical (unpaired) electrons. The fraction of sp³-hybridized carbons (Fsp3) is 0.800. The number of aliphatic carboxylic acids is 1. The van der Waals surface area contributed by atoms with E-state index in [0.29, 0.717) is 19.3 Å². The fourth-order valence-corrected chi connectivity index (χ4v) is 3.19. The minimum Gasteiger partial charge on any atom is -0.480 e.